The summed E-state index contributed by atoms with van der Waals surface area (Å²) in [5, 5.41) is 7.59. The Morgan fingerprint density at radius 3 is 1.37 bits per heavy atom. The van der Waals surface area contributed by atoms with E-state index in [0.29, 0.717) is 0 Å². The average molecular weight is 621 g/mol. The van der Waals surface area contributed by atoms with Gasteiger partial charge >= 0.3 is 0 Å². The molecular weight excluding hydrogens is 589 g/mol. The molecule has 0 saturated carbocycles. The number of hydrogen-bond acceptors (Lipinski definition) is 0. The summed E-state index contributed by atoms with van der Waals surface area (Å²) < 4.78 is 0. The lowest BCUT2D eigenvalue weighted by Crippen LogP contribution is -2.28. The Balaban J connectivity index is 1.11. The molecule has 0 spiro atoms. The first-order valence-electron chi connectivity index (χ1n) is 17.1. The topological polar surface area (TPSA) is 0 Å². The summed E-state index contributed by atoms with van der Waals surface area (Å²) in [4.78, 5) is 0. The van der Waals surface area contributed by atoms with Crippen molar-refractivity contribution in [3.8, 4) is 33.4 Å². The number of hydrogen-bond donors (Lipinski definition) is 0. The number of benzene rings is 9. The highest BCUT2D eigenvalue weighted by Crippen LogP contribution is 2.58. The Morgan fingerprint density at radius 1 is 0.286 bits per heavy atom. The molecule has 228 valence electrons. The van der Waals surface area contributed by atoms with Crippen molar-refractivity contribution in [2.24, 2.45) is 0 Å². The highest BCUT2D eigenvalue weighted by Gasteiger charge is 2.46. The van der Waals surface area contributed by atoms with E-state index in [1.807, 2.05) is 0 Å². The van der Waals surface area contributed by atoms with Crippen molar-refractivity contribution in [1.82, 2.24) is 0 Å². The Morgan fingerprint density at radius 2 is 0.735 bits per heavy atom. The minimum atomic E-state index is -0.416. The van der Waals surface area contributed by atoms with Crippen LogP contribution in [0.1, 0.15) is 22.3 Å². The third-order valence-electron chi connectivity index (χ3n) is 10.7. The zero-order valence-electron chi connectivity index (χ0n) is 27.0. The predicted molar refractivity (Wildman–Crippen MR) is 207 cm³/mol. The maximum atomic E-state index is 2.38. The van der Waals surface area contributed by atoms with Crippen LogP contribution in [0.25, 0.3) is 65.7 Å². The van der Waals surface area contributed by atoms with E-state index >= 15 is 0 Å². The fraction of sp³-hybridized carbons (Fsp3) is 0.0204. The molecule has 0 aliphatic heterocycles. The molecule has 0 bridgehead atoms. The molecule has 0 heteroatoms. The molecule has 49 heavy (non-hydrogen) atoms. The van der Waals surface area contributed by atoms with Crippen molar-refractivity contribution in [3.63, 3.8) is 0 Å². The molecule has 0 saturated heterocycles. The lowest BCUT2D eigenvalue weighted by atomic mass is 9.66. The average Bonchev–Trinajstić information content (AvgIpc) is 3.49. The first kappa shape index (κ1) is 27.8. The minimum absolute atomic E-state index is 0.416. The van der Waals surface area contributed by atoms with Gasteiger partial charge in [-0.15, -0.1) is 0 Å². The molecule has 0 radical (unpaired) electrons. The van der Waals surface area contributed by atoms with Crippen LogP contribution in [-0.4, -0.2) is 0 Å². The molecule has 0 aromatic heterocycles. The van der Waals surface area contributed by atoms with Gasteiger partial charge in [-0.25, -0.2) is 0 Å². The number of rotatable bonds is 4. The molecule has 1 aliphatic rings. The summed E-state index contributed by atoms with van der Waals surface area (Å²) in [6.45, 7) is 0. The number of fused-ring (bicyclic) bond motifs is 7. The third kappa shape index (κ3) is 4.24. The van der Waals surface area contributed by atoms with Gasteiger partial charge in [-0.1, -0.05) is 170 Å². The summed E-state index contributed by atoms with van der Waals surface area (Å²) in [5.74, 6) is 0. The predicted octanol–water partition coefficient (Wildman–Crippen LogP) is 12.8. The Hall–Kier alpha value is -6.24. The van der Waals surface area contributed by atoms with Crippen molar-refractivity contribution < 1.29 is 0 Å². The van der Waals surface area contributed by atoms with E-state index in [0.717, 1.165) is 0 Å². The second-order valence-electron chi connectivity index (χ2n) is 13.3. The van der Waals surface area contributed by atoms with Gasteiger partial charge in [0.1, 0.15) is 0 Å². The van der Waals surface area contributed by atoms with Crippen LogP contribution in [0, 0.1) is 0 Å². The zero-order chi connectivity index (χ0) is 32.4. The Labute approximate surface area is 286 Å². The third-order valence-corrected chi connectivity index (χ3v) is 10.7. The van der Waals surface area contributed by atoms with Crippen LogP contribution in [-0.2, 0) is 5.41 Å². The van der Waals surface area contributed by atoms with Crippen molar-refractivity contribution in [2.45, 2.75) is 5.41 Å². The van der Waals surface area contributed by atoms with Crippen molar-refractivity contribution in [2.75, 3.05) is 0 Å². The van der Waals surface area contributed by atoms with E-state index < -0.39 is 5.41 Å². The molecule has 0 atom stereocenters. The largest absolute Gasteiger partial charge is 0.0719 e. The van der Waals surface area contributed by atoms with Crippen molar-refractivity contribution in [1.29, 1.82) is 0 Å². The fourth-order valence-electron chi connectivity index (χ4n) is 8.43. The molecule has 0 N–H and O–H groups in total. The minimum Gasteiger partial charge on any atom is -0.0622 e. The standard InChI is InChI=1S/C49H32/c1-3-13-42(14-4-1)49(43-15-5-2-6-16-43)47-18-10-9-17-45(47)46-28-26-41-32-40(25-27-44(41)48(46)49)39-24-23-37-30-36(21-22-38(37)31-39)35-20-19-33-11-7-8-12-34(33)29-35/h1-32H. The van der Waals surface area contributed by atoms with Crippen LogP contribution < -0.4 is 0 Å². The van der Waals surface area contributed by atoms with Gasteiger partial charge in [-0.3, -0.25) is 0 Å². The molecule has 9 aromatic rings. The molecular formula is C49H32. The lowest BCUT2D eigenvalue weighted by Gasteiger charge is -2.34. The SMILES string of the molecule is c1ccc(C2(c3ccccc3)c3ccccc3-c3ccc4cc(-c5ccc6cc(-c7ccc8ccccc8c7)ccc6c5)ccc4c32)cc1. The zero-order valence-corrected chi connectivity index (χ0v) is 27.0. The molecule has 0 heterocycles. The smallest absolute Gasteiger partial charge is 0.0622 e. The Kier molecular flexibility index (Phi) is 6.19. The van der Waals surface area contributed by atoms with Gasteiger partial charge in [-0.2, -0.15) is 0 Å². The van der Waals surface area contributed by atoms with E-state index in [4.69, 9.17) is 0 Å². The van der Waals surface area contributed by atoms with E-state index in [1.54, 1.807) is 0 Å². The molecule has 1 aliphatic carbocycles. The molecule has 0 fully saturated rings. The quantitative estimate of drug-likeness (QED) is 0.184. The normalized spacial score (nSPS) is 13.1. The summed E-state index contributed by atoms with van der Waals surface area (Å²) in [6.07, 6.45) is 0. The second-order valence-corrected chi connectivity index (χ2v) is 13.3. The summed E-state index contributed by atoms with van der Waals surface area (Å²) in [7, 11) is 0. The maximum absolute atomic E-state index is 2.38. The van der Waals surface area contributed by atoms with E-state index in [-0.39, 0.29) is 0 Å². The van der Waals surface area contributed by atoms with E-state index in [1.165, 1.54) is 88.0 Å². The van der Waals surface area contributed by atoms with Gasteiger partial charge in [0.25, 0.3) is 0 Å². The van der Waals surface area contributed by atoms with Crippen LogP contribution in [0.15, 0.2) is 194 Å². The van der Waals surface area contributed by atoms with Gasteiger partial charge in [-0.05, 0) is 112 Å². The van der Waals surface area contributed by atoms with Gasteiger partial charge in [0.2, 0.25) is 0 Å². The van der Waals surface area contributed by atoms with Gasteiger partial charge in [0.05, 0.1) is 5.41 Å². The van der Waals surface area contributed by atoms with Crippen LogP contribution in [0.2, 0.25) is 0 Å². The fourth-order valence-corrected chi connectivity index (χ4v) is 8.43. The molecule has 9 aromatic carbocycles. The monoisotopic (exact) mass is 620 g/mol. The van der Waals surface area contributed by atoms with Gasteiger partial charge in [0.15, 0.2) is 0 Å². The first-order chi connectivity index (χ1) is 24.3. The van der Waals surface area contributed by atoms with Gasteiger partial charge < -0.3 is 0 Å². The van der Waals surface area contributed by atoms with Crippen LogP contribution in [0.4, 0.5) is 0 Å². The lowest BCUT2D eigenvalue weighted by molar-refractivity contribution is 0.775. The highest BCUT2D eigenvalue weighted by atomic mass is 14.5. The summed E-state index contributed by atoms with van der Waals surface area (Å²) in [5.41, 5.74) is 12.5. The van der Waals surface area contributed by atoms with Crippen LogP contribution in [0.5, 0.6) is 0 Å². The van der Waals surface area contributed by atoms with Crippen LogP contribution in [0.3, 0.4) is 0 Å². The van der Waals surface area contributed by atoms with E-state index in [2.05, 4.69) is 194 Å². The van der Waals surface area contributed by atoms with Crippen molar-refractivity contribution in [3.05, 3.63) is 216 Å². The molecule has 10 rings (SSSR count). The van der Waals surface area contributed by atoms with Gasteiger partial charge in [0, 0.05) is 0 Å². The second kappa shape index (κ2) is 10.9. The molecule has 0 amide bonds. The molecule has 0 nitrogen and oxygen atoms in total. The summed E-state index contributed by atoms with van der Waals surface area (Å²) in [6, 6.07) is 71.9. The van der Waals surface area contributed by atoms with Crippen LogP contribution >= 0.6 is 0 Å². The highest BCUT2D eigenvalue weighted by molar-refractivity contribution is 6.02. The maximum Gasteiger partial charge on any atom is 0.0719 e. The first-order valence-corrected chi connectivity index (χ1v) is 17.1. The van der Waals surface area contributed by atoms with E-state index in [9.17, 15) is 0 Å². The van der Waals surface area contributed by atoms with Crippen molar-refractivity contribution >= 4 is 32.3 Å². The summed E-state index contributed by atoms with van der Waals surface area (Å²) >= 11 is 0. The Bertz CT molecular complexity index is 2660. The molecule has 0 unspecified atom stereocenters.